The zero-order valence-electron chi connectivity index (χ0n) is 10.1. The van der Waals surface area contributed by atoms with Gasteiger partial charge in [0.05, 0.1) is 0 Å². The molecule has 0 amide bonds. The Bertz CT molecular complexity index is 426. The third kappa shape index (κ3) is 5.32. The van der Waals surface area contributed by atoms with Gasteiger partial charge in [0.25, 0.3) is 0 Å². The minimum atomic E-state index is -0.395. The quantitative estimate of drug-likeness (QED) is 0.186. The van der Waals surface area contributed by atoms with Gasteiger partial charge in [-0.05, 0) is 0 Å². The first-order valence-electron chi connectivity index (χ1n) is 5.13. The van der Waals surface area contributed by atoms with Gasteiger partial charge in [0.1, 0.15) is 0 Å². The Balaban J connectivity index is 2.89. The second-order valence-electron chi connectivity index (χ2n) is 3.02. The van der Waals surface area contributed by atoms with E-state index in [1.165, 1.54) is 26.7 Å². The number of hydrogen-bond donors (Lipinski definition) is 0. The molecule has 4 nitrogen and oxygen atoms in total. The summed E-state index contributed by atoms with van der Waals surface area (Å²) in [6, 6.07) is 5.30. The molecule has 7 heteroatoms. The van der Waals surface area contributed by atoms with Crippen LogP contribution in [0.25, 0.3) is 0 Å². The van der Waals surface area contributed by atoms with Gasteiger partial charge >= 0.3 is 134 Å². The van der Waals surface area contributed by atoms with Crippen molar-refractivity contribution in [2.45, 2.75) is 6.92 Å². The Morgan fingerprint density at radius 2 is 2.22 bits per heavy atom. The SMILES string of the molecule is CCOc1ccc(OC[I-][I]=[In])cc1C(=O)OC. The summed E-state index contributed by atoms with van der Waals surface area (Å²) in [5.74, 6) is 0.867. The van der Waals surface area contributed by atoms with Crippen LogP contribution in [0.2, 0.25) is 0 Å². The van der Waals surface area contributed by atoms with Crippen LogP contribution in [-0.4, -0.2) is 43.9 Å². The molecule has 0 bridgehead atoms. The Hall–Kier alpha value is 0.620. The number of carbonyl (C=O) groups excluding carboxylic acids is 1. The number of benzene rings is 1. The van der Waals surface area contributed by atoms with Crippen LogP contribution in [-0.2, 0) is 4.74 Å². The number of halogens is 2. The molecule has 0 aliphatic carbocycles. The standard InChI is InChI=1S/C11H13I2O4.In/c1-3-16-10-5-4-8(17-7-13-12)6-9(10)11(14)15-2;/h4-6H,3,7H2,1-2H3;/q-1;. The Labute approximate surface area is 133 Å². The molecule has 0 aliphatic heterocycles. The van der Waals surface area contributed by atoms with Gasteiger partial charge in [-0.2, -0.15) is 0 Å². The molecule has 0 spiro atoms. The molecule has 0 saturated heterocycles. The number of methoxy groups -OCH3 is 1. The molecule has 0 fully saturated rings. The zero-order chi connectivity index (χ0) is 13.4. The number of ether oxygens (including phenoxy) is 3. The van der Waals surface area contributed by atoms with Crippen molar-refractivity contribution < 1.29 is 36.2 Å². The predicted molar refractivity (Wildman–Crippen MR) is 74.2 cm³/mol. The minimum absolute atomic E-state index is 0.256. The van der Waals surface area contributed by atoms with Crippen LogP contribution in [0.5, 0.6) is 11.5 Å². The van der Waals surface area contributed by atoms with Crippen LogP contribution < -0.4 is 26.7 Å². The van der Waals surface area contributed by atoms with Crippen molar-refractivity contribution in [1.29, 1.82) is 0 Å². The fraction of sp³-hybridized carbons (Fsp3) is 0.364. The second kappa shape index (κ2) is 9.51. The molecule has 18 heavy (non-hydrogen) atoms. The van der Waals surface area contributed by atoms with Crippen LogP contribution in [0.15, 0.2) is 18.2 Å². The van der Waals surface area contributed by atoms with Crippen molar-refractivity contribution in [3.8, 4) is 11.5 Å². The van der Waals surface area contributed by atoms with Gasteiger partial charge in [-0.15, -0.1) is 0 Å². The maximum atomic E-state index is 11.7. The van der Waals surface area contributed by atoms with Crippen molar-refractivity contribution in [1.82, 2.24) is 0 Å². The van der Waals surface area contributed by atoms with E-state index in [1.54, 1.807) is 12.1 Å². The van der Waals surface area contributed by atoms with Crippen molar-refractivity contribution in [2.24, 2.45) is 0 Å². The maximum absolute atomic E-state index is 11.7. The van der Waals surface area contributed by atoms with Crippen molar-refractivity contribution in [3.63, 3.8) is 0 Å². The first-order valence-corrected chi connectivity index (χ1v) is 22.5. The summed E-state index contributed by atoms with van der Waals surface area (Å²) in [6.45, 7) is 2.39. The average molecular weight is 578 g/mol. The number of esters is 1. The van der Waals surface area contributed by atoms with Crippen molar-refractivity contribution in [3.05, 3.63) is 23.8 Å². The van der Waals surface area contributed by atoms with E-state index in [0.717, 1.165) is 10.4 Å². The van der Waals surface area contributed by atoms with Gasteiger partial charge in [0.15, 0.2) is 0 Å². The fourth-order valence-electron chi connectivity index (χ4n) is 1.26. The number of rotatable bonds is 7. The molecule has 0 unspecified atom stereocenters. The molecule has 0 aromatic heterocycles. The molecule has 99 valence electrons. The molecule has 0 heterocycles. The summed E-state index contributed by atoms with van der Waals surface area (Å²) < 4.78 is 16.6. The average Bonchev–Trinajstić information content (AvgIpc) is 2.40. The monoisotopic (exact) mass is 578 g/mol. The van der Waals surface area contributed by atoms with Gasteiger partial charge in [0, 0.05) is 0 Å². The van der Waals surface area contributed by atoms with Crippen LogP contribution in [0, 0.1) is 0 Å². The van der Waals surface area contributed by atoms with E-state index in [-0.39, 0.29) is 17.2 Å². The van der Waals surface area contributed by atoms with Crippen LogP contribution in [0.3, 0.4) is 0 Å². The molecular formula is C11H13I2InO4-. The molecule has 1 aromatic rings. The third-order valence-corrected chi connectivity index (χ3v) is 21.6. The molecule has 1 radical (unpaired) electrons. The molecule has 0 saturated carbocycles. The first kappa shape index (κ1) is 16.7. The van der Waals surface area contributed by atoms with Crippen LogP contribution in [0.4, 0.5) is 0 Å². The molecular weight excluding hydrogens is 565 g/mol. The molecule has 0 aliphatic rings. The Morgan fingerprint density at radius 1 is 1.44 bits per heavy atom. The second-order valence-corrected chi connectivity index (χ2v) is 32.9. The number of carbonyl (C=O) groups is 1. The van der Waals surface area contributed by atoms with Gasteiger partial charge in [0.2, 0.25) is 0 Å². The summed E-state index contributed by atoms with van der Waals surface area (Å²) in [5, 5.41) is 0. The zero-order valence-corrected chi connectivity index (χ0v) is 17.7. The number of alkyl halides is 1. The molecule has 0 N–H and O–H groups in total. The summed E-state index contributed by atoms with van der Waals surface area (Å²) in [7, 11) is 1.36. The predicted octanol–water partition coefficient (Wildman–Crippen LogP) is -0.734. The molecule has 1 rings (SSSR count). The van der Waals surface area contributed by atoms with E-state index in [9.17, 15) is 4.79 Å². The fourth-order valence-corrected chi connectivity index (χ4v) is 9.69. The summed E-state index contributed by atoms with van der Waals surface area (Å²) in [5.41, 5.74) is 0.426. The molecule has 1 aromatic carbocycles. The van der Waals surface area contributed by atoms with Gasteiger partial charge in [-0.25, -0.2) is 0 Å². The van der Waals surface area contributed by atoms with E-state index >= 15 is 0 Å². The van der Waals surface area contributed by atoms with Crippen molar-refractivity contribution in [2.75, 3.05) is 18.3 Å². The van der Waals surface area contributed by atoms with Crippen LogP contribution >= 0.6 is 12.1 Å². The van der Waals surface area contributed by atoms with Crippen LogP contribution in [0.1, 0.15) is 17.3 Å². The molecule has 0 atom stereocenters. The number of hydrogen-bond acceptors (Lipinski definition) is 4. The first-order chi connectivity index (χ1) is 8.72. The normalized spacial score (nSPS) is 10.1. The van der Waals surface area contributed by atoms with Gasteiger partial charge in [-0.3, -0.25) is 0 Å². The van der Waals surface area contributed by atoms with Crippen molar-refractivity contribution >= 4 is 37.7 Å². The topological polar surface area (TPSA) is 44.8 Å². The van der Waals surface area contributed by atoms with Gasteiger partial charge < -0.3 is 0 Å². The van der Waals surface area contributed by atoms with E-state index < -0.39 is 5.97 Å². The summed E-state index contributed by atoms with van der Waals surface area (Å²) in [6.07, 6.45) is 0. The van der Waals surface area contributed by atoms with E-state index in [1.807, 2.05) is 13.0 Å². The van der Waals surface area contributed by atoms with Gasteiger partial charge in [-0.1, -0.05) is 0 Å². The Morgan fingerprint density at radius 3 is 2.83 bits per heavy atom. The van der Waals surface area contributed by atoms with E-state index in [4.69, 9.17) is 14.2 Å². The third-order valence-electron chi connectivity index (χ3n) is 1.98. The Kier molecular flexibility index (Phi) is 8.81. The van der Waals surface area contributed by atoms with E-state index in [2.05, 4.69) is 0 Å². The summed E-state index contributed by atoms with van der Waals surface area (Å²) >= 11 is 2.13. The van der Waals surface area contributed by atoms with E-state index in [0.29, 0.717) is 30.1 Å². The summed E-state index contributed by atoms with van der Waals surface area (Å²) in [4.78, 5) is 11.7.